The molecule has 0 radical (unpaired) electrons. The van der Waals surface area contributed by atoms with E-state index in [1.54, 1.807) is 0 Å². The smallest absolute Gasteiger partial charge is 0.0624 e. The van der Waals surface area contributed by atoms with Crippen LogP contribution in [0.4, 0.5) is 0 Å². The molecule has 2 fully saturated rings. The summed E-state index contributed by atoms with van der Waals surface area (Å²) < 4.78 is 12.0. The third-order valence-electron chi connectivity index (χ3n) is 4.53. The molecule has 0 amide bonds. The number of hydrogen-bond acceptors (Lipinski definition) is 3. The molecular formula is C15H28O2S. The third-order valence-corrected chi connectivity index (χ3v) is 5.20. The Kier molecular flexibility index (Phi) is 5.40. The quantitative estimate of drug-likeness (QED) is 0.784. The highest BCUT2D eigenvalue weighted by atomic mass is 32.1. The predicted octanol–water partition coefficient (Wildman–Crippen LogP) is 3.84. The molecule has 0 bridgehead atoms. The zero-order valence-corrected chi connectivity index (χ0v) is 12.8. The van der Waals surface area contributed by atoms with Crippen LogP contribution in [0, 0.1) is 5.41 Å². The van der Waals surface area contributed by atoms with Crippen LogP contribution in [0.25, 0.3) is 0 Å². The maximum absolute atomic E-state index is 6.23. The molecule has 2 atom stereocenters. The highest BCUT2D eigenvalue weighted by Gasteiger charge is 2.33. The third kappa shape index (κ3) is 3.88. The van der Waals surface area contributed by atoms with Crippen LogP contribution in [0.1, 0.15) is 58.8 Å². The summed E-state index contributed by atoms with van der Waals surface area (Å²) in [4.78, 5) is 0. The van der Waals surface area contributed by atoms with E-state index in [0.717, 1.165) is 25.2 Å². The topological polar surface area (TPSA) is 18.5 Å². The summed E-state index contributed by atoms with van der Waals surface area (Å²) in [5, 5.41) is 0. The van der Waals surface area contributed by atoms with Gasteiger partial charge in [0, 0.05) is 5.41 Å². The molecule has 106 valence electrons. The molecule has 2 rings (SSSR count). The zero-order chi connectivity index (χ0) is 13.0. The SMILES string of the molecule is CC1CC(OCC2(CS)CCCCC2)CC(C)O1. The molecule has 2 unspecified atom stereocenters. The fourth-order valence-electron chi connectivity index (χ4n) is 3.42. The van der Waals surface area contributed by atoms with Crippen molar-refractivity contribution in [2.45, 2.75) is 77.1 Å². The lowest BCUT2D eigenvalue weighted by Crippen LogP contribution is -2.38. The van der Waals surface area contributed by atoms with E-state index in [9.17, 15) is 0 Å². The van der Waals surface area contributed by atoms with Crippen molar-refractivity contribution < 1.29 is 9.47 Å². The second-order valence-electron chi connectivity index (χ2n) is 6.38. The summed E-state index contributed by atoms with van der Waals surface area (Å²) in [5.41, 5.74) is 0.353. The Hall–Kier alpha value is 0.270. The van der Waals surface area contributed by atoms with Gasteiger partial charge in [0.15, 0.2) is 0 Å². The molecule has 1 aliphatic carbocycles. The fourth-order valence-corrected chi connectivity index (χ4v) is 3.83. The standard InChI is InChI=1S/C15H28O2S/c1-12-8-14(9-13(2)17-12)16-10-15(11-18)6-4-3-5-7-15/h12-14,18H,3-11H2,1-2H3. The van der Waals surface area contributed by atoms with Crippen molar-refractivity contribution in [3.05, 3.63) is 0 Å². The second-order valence-corrected chi connectivity index (χ2v) is 6.70. The minimum Gasteiger partial charge on any atom is -0.377 e. The number of rotatable bonds is 4. The van der Waals surface area contributed by atoms with Gasteiger partial charge in [0.05, 0.1) is 24.9 Å². The van der Waals surface area contributed by atoms with E-state index in [1.165, 1.54) is 32.1 Å². The molecule has 1 saturated carbocycles. The van der Waals surface area contributed by atoms with Gasteiger partial charge in [-0.2, -0.15) is 12.6 Å². The van der Waals surface area contributed by atoms with Gasteiger partial charge in [-0.25, -0.2) is 0 Å². The van der Waals surface area contributed by atoms with E-state index in [0.29, 0.717) is 23.7 Å². The Bertz CT molecular complexity index is 241. The van der Waals surface area contributed by atoms with Crippen LogP contribution in [-0.2, 0) is 9.47 Å². The first-order chi connectivity index (χ1) is 8.63. The van der Waals surface area contributed by atoms with Crippen LogP contribution in [0.15, 0.2) is 0 Å². The van der Waals surface area contributed by atoms with Crippen LogP contribution < -0.4 is 0 Å². The van der Waals surface area contributed by atoms with Gasteiger partial charge in [0.1, 0.15) is 0 Å². The Labute approximate surface area is 117 Å². The first-order valence-electron chi connectivity index (χ1n) is 7.51. The molecule has 3 heteroatoms. The van der Waals surface area contributed by atoms with Crippen molar-refractivity contribution >= 4 is 12.6 Å². The highest BCUT2D eigenvalue weighted by Crippen LogP contribution is 2.38. The molecule has 2 nitrogen and oxygen atoms in total. The average molecular weight is 272 g/mol. The van der Waals surface area contributed by atoms with Crippen LogP contribution in [0.5, 0.6) is 0 Å². The summed E-state index contributed by atoms with van der Waals surface area (Å²) in [6.07, 6.45) is 9.86. The number of thiol groups is 1. The lowest BCUT2D eigenvalue weighted by atomic mass is 9.76. The van der Waals surface area contributed by atoms with E-state index in [4.69, 9.17) is 9.47 Å². The minimum absolute atomic E-state index is 0.344. The van der Waals surface area contributed by atoms with Crippen LogP contribution in [-0.4, -0.2) is 30.7 Å². The molecule has 1 saturated heterocycles. The van der Waals surface area contributed by atoms with Crippen molar-refractivity contribution in [2.75, 3.05) is 12.4 Å². The Morgan fingerprint density at radius 3 is 2.28 bits per heavy atom. The number of hydrogen-bond donors (Lipinski definition) is 1. The lowest BCUT2D eigenvalue weighted by molar-refractivity contribution is -0.116. The maximum atomic E-state index is 6.23. The van der Waals surface area contributed by atoms with E-state index in [1.807, 2.05) is 0 Å². The van der Waals surface area contributed by atoms with Crippen molar-refractivity contribution in [2.24, 2.45) is 5.41 Å². The predicted molar refractivity (Wildman–Crippen MR) is 78.4 cm³/mol. The molecule has 18 heavy (non-hydrogen) atoms. The minimum atomic E-state index is 0.344. The van der Waals surface area contributed by atoms with Crippen LogP contribution in [0.2, 0.25) is 0 Å². The molecule has 1 heterocycles. The molecule has 0 aromatic carbocycles. The molecule has 2 aliphatic rings. The summed E-state index contributed by atoms with van der Waals surface area (Å²) in [6.45, 7) is 5.21. The fraction of sp³-hybridized carbons (Fsp3) is 1.00. The van der Waals surface area contributed by atoms with Gasteiger partial charge in [-0.05, 0) is 45.3 Å². The molecule has 0 aromatic rings. The van der Waals surface area contributed by atoms with E-state index < -0.39 is 0 Å². The summed E-state index contributed by atoms with van der Waals surface area (Å²) in [5.74, 6) is 0.974. The highest BCUT2D eigenvalue weighted by molar-refractivity contribution is 7.80. The van der Waals surface area contributed by atoms with Gasteiger partial charge >= 0.3 is 0 Å². The van der Waals surface area contributed by atoms with Gasteiger partial charge in [-0.15, -0.1) is 0 Å². The van der Waals surface area contributed by atoms with Crippen molar-refractivity contribution in [1.82, 2.24) is 0 Å². The summed E-state index contributed by atoms with van der Waals surface area (Å²) in [6, 6.07) is 0. The van der Waals surface area contributed by atoms with Crippen molar-refractivity contribution in [1.29, 1.82) is 0 Å². The van der Waals surface area contributed by atoms with Gasteiger partial charge < -0.3 is 9.47 Å². The summed E-state index contributed by atoms with van der Waals surface area (Å²) >= 11 is 4.58. The first-order valence-corrected chi connectivity index (χ1v) is 8.15. The van der Waals surface area contributed by atoms with Gasteiger partial charge in [0.25, 0.3) is 0 Å². The van der Waals surface area contributed by atoms with E-state index in [2.05, 4.69) is 26.5 Å². The van der Waals surface area contributed by atoms with E-state index >= 15 is 0 Å². The molecule has 0 N–H and O–H groups in total. The second kappa shape index (κ2) is 6.62. The van der Waals surface area contributed by atoms with Crippen LogP contribution >= 0.6 is 12.6 Å². The summed E-state index contributed by atoms with van der Waals surface area (Å²) in [7, 11) is 0. The Morgan fingerprint density at radius 1 is 1.11 bits per heavy atom. The molecule has 0 aromatic heterocycles. The molecule has 1 aliphatic heterocycles. The Morgan fingerprint density at radius 2 is 1.72 bits per heavy atom. The maximum Gasteiger partial charge on any atom is 0.0624 e. The van der Waals surface area contributed by atoms with Gasteiger partial charge in [0.2, 0.25) is 0 Å². The van der Waals surface area contributed by atoms with E-state index in [-0.39, 0.29) is 0 Å². The van der Waals surface area contributed by atoms with Crippen molar-refractivity contribution in [3.8, 4) is 0 Å². The molecule has 0 spiro atoms. The van der Waals surface area contributed by atoms with Crippen molar-refractivity contribution in [3.63, 3.8) is 0 Å². The number of ether oxygens (including phenoxy) is 2. The van der Waals surface area contributed by atoms with Crippen LogP contribution in [0.3, 0.4) is 0 Å². The largest absolute Gasteiger partial charge is 0.377 e. The zero-order valence-electron chi connectivity index (χ0n) is 11.9. The monoisotopic (exact) mass is 272 g/mol. The lowest BCUT2D eigenvalue weighted by Gasteiger charge is -2.39. The van der Waals surface area contributed by atoms with Gasteiger partial charge in [-0.3, -0.25) is 0 Å². The first kappa shape index (κ1) is 14.7. The van der Waals surface area contributed by atoms with Gasteiger partial charge in [-0.1, -0.05) is 19.3 Å². The Balaban J connectivity index is 1.82. The average Bonchev–Trinajstić information content (AvgIpc) is 2.36. The normalized spacial score (nSPS) is 36.5. The molecular weight excluding hydrogens is 244 g/mol.